The van der Waals surface area contributed by atoms with Gasteiger partial charge in [0.05, 0.1) is 0 Å². The second kappa shape index (κ2) is 8.96. The van der Waals surface area contributed by atoms with Crippen LogP contribution in [0.25, 0.3) is 22.5 Å². The lowest BCUT2D eigenvalue weighted by Crippen LogP contribution is -2.56. The van der Waals surface area contributed by atoms with Crippen LogP contribution >= 0.6 is 0 Å². The van der Waals surface area contributed by atoms with Crippen LogP contribution in [0.15, 0.2) is 48.5 Å². The Bertz CT molecular complexity index is 1070. The van der Waals surface area contributed by atoms with Crippen molar-refractivity contribution in [3.63, 3.8) is 0 Å². The lowest BCUT2D eigenvalue weighted by atomic mass is 10.0. The molecule has 0 fully saturated rings. The summed E-state index contributed by atoms with van der Waals surface area (Å²) < 4.78 is 0. The molecular weight excluding hydrogens is 416 g/mol. The Morgan fingerprint density at radius 1 is 0.606 bits per heavy atom. The smallest absolute Gasteiger partial charge is 0.250 e. The zero-order valence-corrected chi connectivity index (χ0v) is 20.7. The van der Waals surface area contributed by atoms with Gasteiger partial charge < -0.3 is 20.0 Å². The Balaban J connectivity index is 2.21. The molecule has 3 aromatic rings. The summed E-state index contributed by atoms with van der Waals surface area (Å²) in [6.07, 6.45) is 0. The van der Waals surface area contributed by atoms with Crippen LogP contribution in [0.1, 0.15) is 27.7 Å². The van der Waals surface area contributed by atoms with Crippen LogP contribution < -0.4 is 14.7 Å². The highest BCUT2D eigenvalue weighted by molar-refractivity contribution is 5.79. The van der Waals surface area contributed by atoms with E-state index in [1.807, 2.05) is 86.5 Å². The van der Waals surface area contributed by atoms with Crippen molar-refractivity contribution < 1.29 is 10.2 Å². The van der Waals surface area contributed by atoms with Crippen LogP contribution in [-0.2, 0) is 0 Å². The first kappa shape index (κ1) is 24.4. The molecule has 0 bridgehead atoms. The molecule has 0 saturated heterocycles. The minimum absolute atomic E-state index is 0.135. The fourth-order valence-corrected chi connectivity index (χ4v) is 3.80. The Morgan fingerprint density at radius 3 is 1.36 bits per heavy atom. The zero-order valence-electron chi connectivity index (χ0n) is 20.7. The van der Waals surface area contributed by atoms with Gasteiger partial charge in [0, 0.05) is 50.7 Å². The first-order chi connectivity index (χ1) is 15.3. The number of aromatic nitrogens is 3. The molecule has 0 atom stereocenters. The summed E-state index contributed by atoms with van der Waals surface area (Å²) in [5, 5.41) is 30.3. The fourth-order valence-electron chi connectivity index (χ4n) is 3.80. The van der Waals surface area contributed by atoms with Gasteiger partial charge in [-0.2, -0.15) is 0 Å². The Kier molecular flexibility index (Phi) is 6.63. The fraction of sp³-hybridized carbons (Fsp3) is 0.400. The van der Waals surface area contributed by atoms with Crippen molar-refractivity contribution in [3.8, 4) is 22.5 Å². The maximum Gasteiger partial charge on any atom is 0.250 e. The van der Waals surface area contributed by atoms with Crippen LogP contribution in [0.2, 0.25) is 0 Å². The number of nitrogens with zero attached hydrogens (tertiary/aromatic N) is 6. The third kappa shape index (κ3) is 5.40. The van der Waals surface area contributed by atoms with E-state index in [0.29, 0.717) is 11.4 Å². The number of hydrogen-bond donors (Lipinski definition) is 2. The van der Waals surface area contributed by atoms with Gasteiger partial charge in [-0.3, -0.25) is 4.90 Å². The molecule has 176 valence electrons. The van der Waals surface area contributed by atoms with E-state index >= 15 is 0 Å². The highest BCUT2D eigenvalue weighted by atomic mass is 16.3. The SMILES string of the molecule is CN(C)c1ccc(-c2nnc(N(C(C)(C)O)C(C)(C)O)nc2-c2ccc(N(C)C)cc2)cc1. The summed E-state index contributed by atoms with van der Waals surface area (Å²) >= 11 is 0. The number of rotatable bonds is 7. The summed E-state index contributed by atoms with van der Waals surface area (Å²) in [6.45, 7) is 6.31. The van der Waals surface area contributed by atoms with Crippen LogP contribution in [0.4, 0.5) is 17.3 Å². The van der Waals surface area contributed by atoms with Gasteiger partial charge >= 0.3 is 0 Å². The molecule has 3 rings (SSSR count). The largest absolute Gasteiger partial charge is 0.378 e. The average Bonchev–Trinajstić information content (AvgIpc) is 2.72. The first-order valence-corrected chi connectivity index (χ1v) is 10.8. The van der Waals surface area contributed by atoms with E-state index in [-0.39, 0.29) is 5.95 Å². The molecule has 0 saturated carbocycles. The van der Waals surface area contributed by atoms with E-state index in [0.717, 1.165) is 22.5 Å². The number of aliphatic hydroxyl groups is 2. The molecule has 0 aliphatic heterocycles. The molecule has 1 heterocycles. The zero-order chi connectivity index (χ0) is 24.6. The molecule has 0 radical (unpaired) electrons. The van der Waals surface area contributed by atoms with Crippen LogP contribution in [-0.4, -0.2) is 65.0 Å². The summed E-state index contributed by atoms with van der Waals surface area (Å²) in [5.74, 6) is 0.135. The maximum absolute atomic E-state index is 10.7. The van der Waals surface area contributed by atoms with Crippen LogP contribution in [0.5, 0.6) is 0 Å². The quantitative estimate of drug-likeness (QED) is 0.528. The van der Waals surface area contributed by atoms with Gasteiger partial charge in [-0.1, -0.05) is 24.3 Å². The third-order valence-electron chi connectivity index (χ3n) is 5.28. The second-order valence-electron chi connectivity index (χ2n) is 9.52. The lowest BCUT2D eigenvalue weighted by molar-refractivity contribution is -0.0221. The predicted molar refractivity (Wildman–Crippen MR) is 134 cm³/mol. The van der Waals surface area contributed by atoms with Gasteiger partial charge in [0.25, 0.3) is 0 Å². The van der Waals surface area contributed by atoms with Crippen molar-refractivity contribution in [2.75, 3.05) is 42.9 Å². The van der Waals surface area contributed by atoms with Gasteiger partial charge in [-0.15, -0.1) is 10.2 Å². The highest BCUT2D eigenvalue weighted by Crippen LogP contribution is 2.34. The molecule has 0 aliphatic rings. The number of benzene rings is 2. The molecular formula is C25H34N6O2. The monoisotopic (exact) mass is 450 g/mol. The molecule has 33 heavy (non-hydrogen) atoms. The Morgan fingerprint density at radius 2 is 1.00 bits per heavy atom. The normalized spacial score (nSPS) is 11.9. The van der Waals surface area contributed by atoms with Gasteiger partial charge in [0.15, 0.2) is 0 Å². The maximum atomic E-state index is 10.7. The van der Waals surface area contributed by atoms with E-state index < -0.39 is 11.4 Å². The first-order valence-electron chi connectivity index (χ1n) is 10.8. The van der Waals surface area contributed by atoms with Crippen LogP contribution in [0.3, 0.4) is 0 Å². The topological polar surface area (TPSA) is 88.9 Å². The molecule has 1 aromatic heterocycles. The van der Waals surface area contributed by atoms with E-state index in [1.165, 1.54) is 4.90 Å². The van der Waals surface area contributed by atoms with Gasteiger partial charge in [0.1, 0.15) is 22.8 Å². The van der Waals surface area contributed by atoms with Gasteiger partial charge in [-0.25, -0.2) is 4.98 Å². The van der Waals surface area contributed by atoms with Crippen LogP contribution in [0, 0.1) is 0 Å². The number of hydrogen-bond acceptors (Lipinski definition) is 8. The average molecular weight is 451 g/mol. The van der Waals surface area contributed by atoms with Crippen molar-refractivity contribution in [3.05, 3.63) is 48.5 Å². The number of anilines is 3. The standard InChI is InChI=1S/C25H34N6O2/c1-24(2,32)31(25(3,4)33)23-26-21(17-9-13-19(14-10-17)29(5)6)22(27-28-23)18-11-15-20(16-12-18)30(7)8/h9-16,32-33H,1-8H3. The lowest BCUT2D eigenvalue weighted by Gasteiger charge is -2.42. The third-order valence-corrected chi connectivity index (χ3v) is 5.28. The van der Waals surface area contributed by atoms with Crippen molar-refractivity contribution in [2.45, 2.75) is 39.1 Å². The highest BCUT2D eigenvalue weighted by Gasteiger charge is 2.38. The minimum atomic E-state index is -1.42. The predicted octanol–water partition coefficient (Wildman–Crippen LogP) is 3.60. The second-order valence-corrected chi connectivity index (χ2v) is 9.52. The van der Waals surface area contributed by atoms with E-state index in [2.05, 4.69) is 10.2 Å². The van der Waals surface area contributed by atoms with Gasteiger partial charge in [-0.05, 0) is 52.0 Å². The molecule has 2 aromatic carbocycles. The van der Waals surface area contributed by atoms with Gasteiger partial charge in [0.2, 0.25) is 5.95 Å². The molecule has 8 nitrogen and oxygen atoms in total. The molecule has 0 aliphatic carbocycles. The summed E-state index contributed by atoms with van der Waals surface area (Å²) in [6, 6.07) is 16.0. The van der Waals surface area contributed by atoms with Crippen molar-refractivity contribution in [1.29, 1.82) is 0 Å². The molecule has 0 amide bonds. The minimum Gasteiger partial charge on any atom is -0.378 e. The Labute approximate surface area is 196 Å². The van der Waals surface area contributed by atoms with Crippen molar-refractivity contribution >= 4 is 17.3 Å². The van der Waals surface area contributed by atoms with E-state index in [1.54, 1.807) is 27.7 Å². The summed E-state index contributed by atoms with van der Waals surface area (Å²) in [7, 11) is 7.96. The molecule has 0 unspecified atom stereocenters. The van der Waals surface area contributed by atoms with Crippen molar-refractivity contribution in [2.24, 2.45) is 0 Å². The summed E-state index contributed by atoms with van der Waals surface area (Å²) in [5.41, 5.74) is 2.26. The molecule has 8 heteroatoms. The van der Waals surface area contributed by atoms with Crippen molar-refractivity contribution in [1.82, 2.24) is 15.2 Å². The molecule has 0 spiro atoms. The molecule has 2 N–H and O–H groups in total. The van der Waals surface area contributed by atoms with E-state index in [4.69, 9.17) is 4.98 Å². The van der Waals surface area contributed by atoms with E-state index in [9.17, 15) is 10.2 Å². The Hall–Kier alpha value is -3.23. The summed E-state index contributed by atoms with van der Waals surface area (Å²) in [4.78, 5) is 10.2.